The van der Waals surface area contributed by atoms with Crippen molar-refractivity contribution in [2.75, 3.05) is 13.1 Å². The Morgan fingerprint density at radius 3 is 2.83 bits per heavy atom. The van der Waals surface area contributed by atoms with Gasteiger partial charge in [0, 0.05) is 35.7 Å². The molecule has 0 unspecified atom stereocenters. The lowest BCUT2D eigenvalue weighted by molar-refractivity contribution is 0.0783. The maximum Gasteiger partial charge on any atom is 0.259 e. The molecule has 0 radical (unpaired) electrons. The number of hydrogen-bond acceptors (Lipinski definition) is 3. The third-order valence-corrected chi connectivity index (χ3v) is 5.24. The van der Waals surface area contributed by atoms with Crippen LogP contribution in [-0.2, 0) is 0 Å². The number of amides is 1. The van der Waals surface area contributed by atoms with E-state index in [0.29, 0.717) is 40.9 Å². The summed E-state index contributed by atoms with van der Waals surface area (Å²) < 4.78 is 0. The van der Waals surface area contributed by atoms with Crippen molar-refractivity contribution < 1.29 is 4.79 Å². The molecule has 1 saturated carbocycles. The van der Waals surface area contributed by atoms with Gasteiger partial charge in [-0.25, -0.2) is 0 Å². The lowest BCUT2D eigenvalue weighted by Gasteiger charge is -2.16. The second kappa shape index (κ2) is 5.35. The van der Waals surface area contributed by atoms with Crippen molar-refractivity contribution in [1.82, 2.24) is 9.88 Å². The number of nitrogens with two attached hydrogens (primary N) is 1. The molecule has 120 valence electrons. The molecule has 4 rings (SSSR count). The van der Waals surface area contributed by atoms with Crippen LogP contribution in [-0.4, -0.2) is 34.9 Å². The highest BCUT2D eigenvalue weighted by Gasteiger charge is 2.42. The number of hydrogen-bond donors (Lipinski definition) is 2. The number of rotatable bonds is 2. The molecule has 2 heterocycles. The van der Waals surface area contributed by atoms with Gasteiger partial charge in [-0.15, -0.1) is 0 Å². The topological polar surface area (TPSA) is 79.2 Å². The van der Waals surface area contributed by atoms with E-state index in [-0.39, 0.29) is 22.9 Å². The van der Waals surface area contributed by atoms with Crippen molar-refractivity contribution in [3.05, 3.63) is 45.2 Å². The lowest BCUT2D eigenvalue weighted by Crippen LogP contribution is -2.34. The number of halogens is 1. The predicted molar refractivity (Wildman–Crippen MR) is 89.7 cm³/mol. The van der Waals surface area contributed by atoms with Gasteiger partial charge in [0.05, 0.1) is 5.52 Å². The van der Waals surface area contributed by atoms with Crippen LogP contribution >= 0.6 is 11.6 Å². The Balaban J connectivity index is 1.66. The van der Waals surface area contributed by atoms with E-state index >= 15 is 0 Å². The Bertz CT molecular complexity index is 843. The Morgan fingerprint density at radius 2 is 2.09 bits per heavy atom. The maximum absolute atomic E-state index is 12.7. The number of aromatic amines is 1. The largest absolute Gasteiger partial charge is 0.360 e. The summed E-state index contributed by atoms with van der Waals surface area (Å²) in [7, 11) is 0. The molecule has 2 aliphatic rings. The number of H-pyrrole nitrogens is 1. The van der Waals surface area contributed by atoms with Crippen LogP contribution in [0.1, 0.15) is 23.2 Å². The molecule has 1 aliphatic heterocycles. The van der Waals surface area contributed by atoms with E-state index in [0.717, 1.165) is 0 Å². The lowest BCUT2D eigenvalue weighted by atomic mass is 9.99. The molecule has 6 heteroatoms. The number of fused-ring (bicyclic) bond motifs is 1. The number of nitrogens with zero attached hydrogens (tertiary/aromatic N) is 1. The second-order valence-electron chi connectivity index (χ2n) is 6.60. The molecular formula is C17H18ClN3O2. The first-order valence-electron chi connectivity index (χ1n) is 7.90. The van der Waals surface area contributed by atoms with E-state index in [1.54, 1.807) is 23.1 Å². The van der Waals surface area contributed by atoms with E-state index in [4.69, 9.17) is 17.3 Å². The van der Waals surface area contributed by atoms with Gasteiger partial charge in [-0.2, -0.15) is 0 Å². The van der Waals surface area contributed by atoms with Crippen LogP contribution in [0.3, 0.4) is 0 Å². The van der Waals surface area contributed by atoms with Crippen LogP contribution in [0.25, 0.3) is 10.9 Å². The minimum atomic E-state index is -0.260. The van der Waals surface area contributed by atoms with Gasteiger partial charge in [0.25, 0.3) is 5.91 Å². The van der Waals surface area contributed by atoms with Crippen molar-refractivity contribution in [1.29, 1.82) is 0 Å². The summed E-state index contributed by atoms with van der Waals surface area (Å²) in [5.74, 6) is 0.791. The Hall–Kier alpha value is -1.85. The second-order valence-corrected chi connectivity index (χ2v) is 7.03. The fraction of sp³-hybridized carbons (Fsp3) is 0.412. The molecule has 2 aromatic rings. The third-order valence-electron chi connectivity index (χ3n) is 5.00. The molecule has 2 atom stereocenters. The number of carbonyl (C=O) groups is 1. The number of aromatic nitrogens is 1. The predicted octanol–water partition coefficient (Wildman–Crippen LogP) is 1.99. The van der Waals surface area contributed by atoms with Crippen LogP contribution < -0.4 is 11.2 Å². The molecule has 5 nitrogen and oxygen atoms in total. The third kappa shape index (κ3) is 2.54. The van der Waals surface area contributed by atoms with Crippen LogP contribution in [0.15, 0.2) is 29.2 Å². The average Bonchev–Trinajstić information content (AvgIpc) is 3.29. The quantitative estimate of drug-likeness (QED) is 0.883. The van der Waals surface area contributed by atoms with Crippen molar-refractivity contribution in [3.8, 4) is 0 Å². The number of likely N-dealkylation sites (tertiary alicyclic amines) is 1. The van der Waals surface area contributed by atoms with Gasteiger partial charge in [-0.3, -0.25) is 9.59 Å². The van der Waals surface area contributed by atoms with Crippen molar-refractivity contribution in [2.24, 2.45) is 17.6 Å². The highest BCUT2D eigenvalue weighted by Crippen LogP contribution is 2.41. The Kier molecular flexibility index (Phi) is 3.43. The molecule has 1 amide bonds. The zero-order valence-electron chi connectivity index (χ0n) is 12.6. The molecule has 2 fully saturated rings. The summed E-state index contributed by atoms with van der Waals surface area (Å²) in [6.07, 6.45) is 3.90. The van der Waals surface area contributed by atoms with Crippen LogP contribution in [0.2, 0.25) is 5.02 Å². The van der Waals surface area contributed by atoms with E-state index in [9.17, 15) is 9.59 Å². The van der Waals surface area contributed by atoms with Crippen LogP contribution in [0, 0.1) is 11.8 Å². The summed E-state index contributed by atoms with van der Waals surface area (Å²) in [5.41, 5.74) is 6.72. The van der Waals surface area contributed by atoms with Gasteiger partial charge in [0.15, 0.2) is 0 Å². The molecule has 1 aliphatic carbocycles. The zero-order chi connectivity index (χ0) is 16.1. The van der Waals surface area contributed by atoms with Crippen LogP contribution in [0.4, 0.5) is 0 Å². The number of carbonyl (C=O) groups excluding carboxylic acids is 1. The van der Waals surface area contributed by atoms with Crippen molar-refractivity contribution >= 4 is 28.4 Å². The Morgan fingerprint density at radius 1 is 1.30 bits per heavy atom. The number of benzene rings is 1. The van der Waals surface area contributed by atoms with Crippen LogP contribution in [0.5, 0.6) is 0 Å². The monoisotopic (exact) mass is 331 g/mol. The first-order valence-corrected chi connectivity index (χ1v) is 8.28. The number of nitrogens with one attached hydrogen (secondary N) is 1. The maximum atomic E-state index is 12.7. The van der Waals surface area contributed by atoms with E-state index in [1.807, 2.05) is 0 Å². The minimum Gasteiger partial charge on any atom is -0.360 e. The van der Waals surface area contributed by atoms with Gasteiger partial charge in [-0.1, -0.05) is 11.6 Å². The summed E-state index contributed by atoms with van der Waals surface area (Å²) >= 11 is 5.93. The highest BCUT2D eigenvalue weighted by atomic mass is 35.5. The fourth-order valence-electron chi connectivity index (χ4n) is 3.57. The smallest absolute Gasteiger partial charge is 0.259 e. The summed E-state index contributed by atoms with van der Waals surface area (Å²) in [5, 5.41) is 1.02. The molecule has 3 N–H and O–H groups in total. The summed E-state index contributed by atoms with van der Waals surface area (Å²) in [4.78, 5) is 30.1. The standard InChI is InChI=1S/C17H18ClN3O2/c18-10-3-4-11-15(5-10)20-6-12(16(11)22)17(23)21-7-13(9-1-2-9)14(19)8-21/h3-6,9,13-14H,1-2,7-8,19H2,(H,20,22)/t13-,14+/m0/s1. The van der Waals surface area contributed by atoms with Gasteiger partial charge < -0.3 is 15.6 Å². The molecular weight excluding hydrogens is 314 g/mol. The molecule has 1 aromatic carbocycles. The molecule has 23 heavy (non-hydrogen) atoms. The van der Waals surface area contributed by atoms with Gasteiger partial charge >= 0.3 is 0 Å². The molecule has 0 spiro atoms. The Labute approximate surface area is 138 Å². The SMILES string of the molecule is N[C@@H]1CN(C(=O)c2c[nH]c3cc(Cl)ccc3c2=O)C[C@H]1C1CC1. The van der Waals surface area contributed by atoms with Gasteiger partial charge in [-0.05, 0) is 42.9 Å². The van der Waals surface area contributed by atoms with Gasteiger partial charge in [0.1, 0.15) is 5.56 Å². The normalized spacial score (nSPS) is 24.3. The summed E-state index contributed by atoms with van der Waals surface area (Å²) in [6.45, 7) is 1.18. The highest BCUT2D eigenvalue weighted by molar-refractivity contribution is 6.31. The first-order chi connectivity index (χ1) is 11.0. The molecule has 1 saturated heterocycles. The summed E-state index contributed by atoms with van der Waals surface area (Å²) in [6, 6.07) is 5.00. The van der Waals surface area contributed by atoms with E-state index < -0.39 is 0 Å². The van der Waals surface area contributed by atoms with Gasteiger partial charge in [0.2, 0.25) is 5.43 Å². The number of pyridine rings is 1. The molecule has 0 bridgehead atoms. The molecule has 1 aromatic heterocycles. The fourth-order valence-corrected chi connectivity index (χ4v) is 3.74. The average molecular weight is 332 g/mol. The zero-order valence-corrected chi connectivity index (χ0v) is 13.3. The van der Waals surface area contributed by atoms with E-state index in [1.165, 1.54) is 19.0 Å². The first kappa shape index (κ1) is 14.7. The van der Waals surface area contributed by atoms with Crippen molar-refractivity contribution in [2.45, 2.75) is 18.9 Å². The van der Waals surface area contributed by atoms with E-state index in [2.05, 4.69) is 4.98 Å². The van der Waals surface area contributed by atoms with Crippen molar-refractivity contribution in [3.63, 3.8) is 0 Å². The minimum absolute atomic E-state index is 0.0183.